The summed E-state index contributed by atoms with van der Waals surface area (Å²) in [5, 5.41) is 0. The molecular formula is C7H11N3OS. The molecule has 0 unspecified atom stereocenters. The lowest BCUT2D eigenvalue weighted by Gasteiger charge is -2.02. The van der Waals surface area contributed by atoms with E-state index in [2.05, 4.69) is 9.97 Å². The number of rotatable bonds is 4. The first-order chi connectivity index (χ1) is 5.83. The van der Waals surface area contributed by atoms with Crippen LogP contribution < -0.4 is 10.5 Å². The van der Waals surface area contributed by atoms with Crippen molar-refractivity contribution in [3.8, 4) is 5.75 Å². The maximum Gasteiger partial charge on any atom is 0.196 e. The van der Waals surface area contributed by atoms with Gasteiger partial charge in [-0.3, -0.25) is 0 Å². The van der Waals surface area contributed by atoms with Gasteiger partial charge in [-0.05, 0) is 25.2 Å². The molecule has 0 spiro atoms. The number of nitrogens with two attached hydrogens (primary N) is 1. The molecule has 1 aromatic rings. The molecule has 0 saturated heterocycles. The fraction of sp³-hybridized carbons (Fsp3) is 0.429. The molecule has 0 saturated carbocycles. The molecular weight excluding hydrogens is 174 g/mol. The van der Waals surface area contributed by atoms with Gasteiger partial charge in [0, 0.05) is 6.20 Å². The SMILES string of the molecule is NCCCOc1cnc(=S)[nH]c1. The molecule has 0 fully saturated rings. The number of H-pyrrole nitrogens is 1. The molecule has 0 aliphatic carbocycles. The summed E-state index contributed by atoms with van der Waals surface area (Å²) in [6, 6.07) is 0. The molecule has 12 heavy (non-hydrogen) atoms. The number of hydrogen-bond acceptors (Lipinski definition) is 4. The van der Waals surface area contributed by atoms with Gasteiger partial charge in [-0.1, -0.05) is 0 Å². The van der Waals surface area contributed by atoms with Crippen molar-refractivity contribution in [2.24, 2.45) is 5.73 Å². The van der Waals surface area contributed by atoms with Gasteiger partial charge in [0.2, 0.25) is 0 Å². The summed E-state index contributed by atoms with van der Waals surface area (Å²) in [7, 11) is 0. The van der Waals surface area contributed by atoms with Gasteiger partial charge < -0.3 is 15.5 Å². The molecule has 0 atom stereocenters. The Hall–Kier alpha value is -0.940. The van der Waals surface area contributed by atoms with E-state index >= 15 is 0 Å². The Morgan fingerprint density at radius 3 is 3.08 bits per heavy atom. The van der Waals surface area contributed by atoms with Gasteiger partial charge in [0.1, 0.15) is 0 Å². The Morgan fingerprint density at radius 2 is 2.50 bits per heavy atom. The smallest absolute Gasteiger partial charge is 0.196 e. The normalized spacial score (nSPS) is 9.75. The van der Waals surface area contributed by atoms with Crippen molar-refractivity contribution in [3.63, 3.8) is 0 Å². The number of nitrogens with one attached hydrogen (secondary N) is 1. The first-order valence-electron chi connectivity index (χ1n) is 3.70. The monoisotopic (exact) mass is 185 g/mol. The topological polar surface area (TPSA) is 63.9 Å². The Balaban J connectivity index is 2.42. The predicted octanol–water partition coefficient (Wildman–Crippen LogP) is 0.867. The fourth-order valence-electron chi connectivity index (χ4n) is 0.682. The summed E-state index contributed by atoms with van der Waals surface area (Å²) in [5.41, 5.74) is 5.30. The van der Waals surface area contributed by atoms with Crippen molar-refractivity contribution in [2.45, 2.75) is 6.42 Å². The zero-order valence-electron chi connectivity index (χ0n) is 6.62. The molecule has 5 heteroatoms. The molecule has 0 aliphatic heterocycles. The van der Waals surface area contributed by atoms with Gasteiger partial charge in [0.05, 0.1) is 12.8 Å². The van der Waals surface area contributed by atoms with Crippen LogP contribution in [0.1, 0.15) is 6.42 Å². The lowest BCUT2D eigenvalue weighted by atomic mass is 10.5. The summed E-state index contributed by atoms with van der Waals surface area (Å²) in [5.74, 6) is 0.692. The van der Waals surface area contributed by atoms with Crippen LogP contribution in [0.15, 0.2) is 12.4 Å². The van der Waals surface area contributed by atoms with Gasteiger partial charge in [0.15, 0.2) is 10.5 Å². The summed E-state index contributed by atoms with van der Waals surface area (Å²) in [6.45, 7) is 1.25. The summed E-state index contributed by atoms with van der Waals surface area (Å²) in [4.78, 5) is 6.64. The van der Waals surface area contributed by atoms with Crippen LogP contribution in [0.5, 0.6) is 5.75 Å². The fourth-order valence-corrected chi connectivity index (χ4v) is 0.794. The number of ether oxygens (including phenoxy) is 1. The molecule has 0 amide bonds. The number of aromatic amines is 1. The Labute approximate surface area is 75.8 Å². The predicted molar refractivity (Wildman–Crippen MR) is 48.6 cm³/mol. The van der Waals surface area contributed by atoms with Gasteiger partial charge in [-0.25, -0.2) is 4.98 Å². The van der Waals surface area contributed by atoms with Gasteiger partial charge in [-0.15, -0.1) is 0 Å². The third-order valence-corrected chi connectivity index (χ3v) is 1.49. The standard InChI is InChI=1S/C7H11N3OS/c8-2-1-3-11-6-4-9-7(12)10-5-6/h4-5H,1-3,8H2,(H,9,10,12). The van der Waals surface area contributed by atoms with E-state index in [-0.39, 0.29) is 0 Å². The molecule has 0 aliphatic rings. The highest BCUT2D eigenvalue weighted by molar-refractivity contribution is 7.71. The maximum atomic E-state index is 5.30. The van der Waals surface area contributed by atoms with Crippen molar-refractivity contribution in [3.05, 3.63) is 17.2 Å². The average molecular weight is 185 g/mol. The quantitative estimate of drug-likeness (QED) is 0.539. The van der Waals surface area contributed by atoms with E-state index in [1.807, 2.05) is 0 Å². The van der Waals surface area contributed by atoms with E-state index in [1.165, 1.54) is 0 Å². The maximum absolute atomic E-state index is 5.30. The van der Waals surface area contributed by atoms with E-state index in [0.29, 0.717) is 23.7 Å². The molecule has 1 rings (SSSR count). The number of nitrogens with zero attached hydrogens (tertiary/aromatic N) is 1. The largest absolute Gasteiger partial charge is 0.490 e. The molecule has 66 valence electrons. The van der Waals surface area contributed by atoms with Crippen molar-refractivity contribution in [1.29, 1.82) is 0 Å². The second-order valence-corrected chi connectivity index (χ2v) is 2.63. The molecule has 3 N–H and O–H groups in total. The third-order valence-electron chi connectivity index (χ3n) is 1.26. The van der Waals surface area contributed by atoms with Gasteiger partial charge in [-0.2, -0.15) is 0 Å². The Morgan fingerprint density at radius 1 is 1.67 bits per heavy atom. The van der Waals surface area contributed by atoms with Gasteiger partial charge >= 0.3 is 0 Å². The Bertz CT molecular complexity index is 266. The number of aromatic nitrogens is 2. The molecule has 0 aromatic carbocycles. The van der Waals surface area contributed by atoms with Crippen LogP contribution in [0.3, 0.4) is 0 Å². The van der Waals surface area contributed by atoms with Crippen molar-refractivity contribution >= 4 is 12.2 Å². The van der Waals surface area contributed by atoms with Crippen LogP contribution in [0.4, 0.5) is 0 Å². The van der Waals surface area contributed by atoms with Crippen LogP contribution in [0.2, 0.25) is 0 Å². The third kappa shape index (κ3) is 2.98. The summed E-state index contributed by atoms with van der Waals surface area (Å²) < 4.78 is 5.74. The Kier molecular flexibility index (Phi) is 3.69. The van der Waals surface area contributed by atoms with E-state index in [0.717, 1.165) is 6.42 Å². The lowest BCUT2D eigenvalue weighted by Crippen LogP contribution is -2.06. The van der Waals surface area contributed by atoms with Crippen LogP contribution in [0.25, 0.3) is 0 Å². The summed E-state index contributed by atoms with van der Waals surface area (Å²) in [6.07, 6.45) is 4.12. The molecule has 1 aromatic heterocycles. The highest BCUT2D eigenvalue weighted by atomic mass is 32.1. The number of hydrogen-bond donors (Lipinski definition) is 2. The van der Waals surface area contributed by atoms with E-state index in [9.17, 15) is 0 Å². The van der Waals surface area contributed by atoms with Crippen LogP contribution >= 0.6 is 12.2 Å². The van der Waals surface area contributed by atoms with Gasteiger partial charge in [0.25, 0.3) is 0 Å². The molecule has 4 nitrogen and oxygen atoms in total. The molecule has 0 bridgehead atoms. The molecule has 0 radical (unpaired) electrons. The minimum absolute atomic E-state index is 0.459. The van der Waals surface area contributed by atoms with Crippen LogP contribution in [-0.2, 0) is 0 Å². The zero-order chi connectivity index (χ0) is 8.81. The van der Waals surface area contributed by atoms with Crippen LogP contribution in [0, 0.1) is 4.77 Å². The van der Waals surface area contributed by atoms with Crippen LogP contribution in [-0.4, -0.2) is 23.1 Å². The molecule has 1 heterocycles. The van der Waals surface area contributed by atoms with E-state index < -0.39 is 0 Å². The minimum Gasteiger partial charge on any atom is -0.490 e. The highest BCUT2D eigenvalue weighted by Crippen LogP contribution is 2.04. The zero-order valence-corrected chi connectivity index (χ0v) is 7.43. The second-order valence-electron chi connectivity index (χ2n) is 2.25. The van der Waals surface area contributed by atoms with E-state index in [1.54, 1.807) is 12.4 Å². The second kappa shape index (κ2) is 4.84. The first kappa shape index (κ1) is 9.15. The van der Waals surface area contributed by atoms with Crippen molar-refractivity contribution < 1.29 is 4.74 Å². The van der Waals surface area contributed by atoms with E-state index in [4.69, 9.17) is 22.7 Å². The summed E-state index contributed by atoms with van der Waals surface area (Å²) >= 11 is 4.76. The first-order valence-corrected chi connectivity index (χ1v) is 4.11. The average Bonchev–Trinajstić information content (AvgIpc) is 2.09. The van der Waals surface area contributed by atoms with Crippen molar-refractivity contribution in [1.82, 2.24) is 9.97 Å². The van der Waals surface area contributed by atoms with Crippen molar-refractivity contribution in [2.75, 3.05) is 13.2 Å². The lowest BCUT2D eigenvalue weighted by molar-refractivity contribution is 0.310. The minimum atomic E-state index is 0.459. The highest BCUT2D eigenvalue weighted by Gasteiger charge is 1.91.